The van der Waals surface area contributed by atoms with E-state index in [2.05, 4.69) is 15.9 Å². The second-order valence-corrected chi connectivity index (χ2v) is 4.16. The number of nitrogens with two attached hydrogens (primary N) is 1. The maximum atomic E-state index is 12.2. The van der Waals surface area contributed by atoms with Gasteiger partial charge in [-0.25, -0.2) is 8.78 Å². The summed E-state index contributed by atoms with van der Waals surface area (Å²) in [5.74, 6) is 0. The third-order valence-electron chi connectivity index (χ3n) is 2.09. The molecule has 0 spiro atoms. The predicted octanol–water partition coefficient (Wildman–Crippen LogP) is 2.61. The van der Waals surface area contributed by atoms with Crippen LogP contribution in [0.1, 0.15) is 5.56 Å². The zero-order valence-electron chi connectivity index (χ0n) is 8.38. The van der Waals surface area contributed by atoms with Crippen LogP contribution in [-0.4, -0.2) is 20.0 Å². The van der Waals surface area contributed by atoms with Crippen molar-refractivity contribution in [3.63, 3.8) is 0 Å². The summed E-state index contributed by atoms with van der Waals surface area (Å²) in [5, 5.41) is 0. The summed E-state index contributed by atoms with van der Waals surface area (Å²) >= 11 is 3.31. The average Bonchev–Trinajstić information content (AvgIpc) is 2.16. The molecule has 0 unspecified atom stereocenters. The van der Waals surface area contributed by atoms with Crippen LogP contribution in [-0.2, 0) is 6.54 Å². The minimum absolute atomic E-state index is 0.288. The topological polar surface area (TPSA) is 29.3 Å². The van der Waals surface area contributed by atoms with Gasteiger partial charge in [0, 0.05) is 23.8 Å². The second-order valence-electron chi connectivity index (χ2n) is 3.25. The van der Waals surface area contributed by atoms with Gasteiger partial charge in [-0.1, -0.05) is 22.0 Å². The monoisotopic (exact) mass is 278 g/mol. The molecule has 0 aliphatic heterocycles. The summed E-state index contributed by atoms with van der Waals surface area (Å²) in [5.41, 5.74) is 7.14. The molecule has 2 nitrogen and oxygen atoms in total. The molecule has 0 saturated heterocycles. The van der Waals surface area contributed by atoms with E-state index >= 15 is 0 Å². The van der Waals surface area contributed by atoms with Crippen molar-refractivity contribution >= 4 is 21.6 Å². The Kier molecular flexibility index (Phi) is 4.47. The SMILES string of the molecule is CN(CC(F)F)c1cc(Br)ccc1CN. The highest BCUT2D eigenvalue weighted by atomic mass is 79.9. The minimum atomic E-state index is -2.35. The number of rotatable bonds is 4. The van der Waals surface area contributed by atoms with Crippen LogP contribution in [0.25, 0.3) is 0 Å². The Morgan fingerprint density at radius 1 is 1.47 bits per heavy atom. The number of nitrogens with zero attached hydrogens (tertiary/aromatic N) is 1. The Bertz CT molecular complexity index is 331. The summed E-state index contributed by atoms with van der Waals surface area (Å²) in [6.45, 7) is 0.0552. The first-order valence-corrected chi connectivity index (χ1v) is 5.31. The molecule has 0 aliphatic rings. The molecule has 84 valence electrons. The number of halogens is 3. The Morgan fingerprint density at radius 2 is 2.13 bits per heavy atom. The lowest BCUT2D eigenvalue weighted by molar-refractivity contribution is 0.156. The van der Waals surface area contributed by atoms with Crippen molar-refractivity contribution in [3.8, 4) is 0 Å². The van der Waals surface area contributed by atoms with E-state index in [4.69, 9.17) is 5.73 Å². The third-order valence-corrected chi connectivity index (χ3v) is 2.58. The summed E-state index contributed by atoms with van der Waals surface area (Å²) < 4.78 is 25.3. The molecule has 0 amide bonds. The van der Waals surface area contributed by atoms with Crippen LogP contribution in [0.3, 0.4) is 0 Å². The Balaban J connectivity index is 2.94. The van der Waals surface area contributed by atoms with Gasteiger partial charge < -0.3 is 10.6 Å². The molecule has 1 aromatic carbocycles. The van der Waals surface area contributed by atoms with Crippen molar-refractivity contribution < 1.29 is 8.78 Å². The van der Waals surface area contributed by atoms with Crippen LogP contribution in [0.2, 0.25) is 0 Å². The van der Waals surface area contributed by atoms with Crippen LogP contribution in [0.4, 0.5) is 14.5 Å². The van der Waals surface area contributed by atoms with Crippen molar-refractivity contribution in [1.82, 2.24) is 0 Å². The predicted molar refractivity (Wildman–Crippen MR) is 61.3 cm³/mol. The van der Waals surface area contributed by atoms with Crippen LogP contribution >= 0.6 is 15.9 Å². The minimum Gasteiger partial charge on any atom is -0.369 e. The third kappa shape index (κ3) is 3.43. The maximum Gasteiger partial charge on any atom is 0.255 e. The number of anilines is 1. The number of hydrogen-bond acceptors (Lipinski definition) is 2. The van der Waals surface area contributed by atoms with Gasteiger partial charge in [-0.2, -0.15) is 0 Å². The van der Waals surface area contributed by atoms with Gasteiger partial charge in [0.05, 0.1) is 6.54 Å². The highest BCUT2D eigenvalue weighted by Crippen LogP contribution is 2.24. The summed E-state index contributed by atoms with van der Waals surface area (Å²) in [4.78, 5) is 1.51. The van der Waals surface area contributed by atoms with Gasteiger partial charge in [-0.05, 0) is 17.7 Å². The molecule has 1 rings (SSSR count). The Hall–Kier alpha value is -0.680. The molecule has 0 bridgehead atoms. The zero-order chi connectivity index (χ0) is 11.4. The van der Waals surface area contributed by atoms with E-state index in [9.17, 15) is 8.78 Å². The van der Waals surface area contributed by atoms with Gasteiger partial charge in [0.25, 0.3) is 6.43 Å². The zero-order valence-corrected chi connectivity index (χ0v) is 9.97. The standard InChI is InChI=1S/C10H13BrF2N2/c1-15(6-10(12)13)9-4-8(11)3-2-7(9)5-14/h2-4,10H,5-6,14H2,1H3. The molecule has 0 fully saturated rings. The van der Waals surface area contributed by atoms with Gasteiger partial charge in [0.1, 0.15) is 0 Å². The van der Waals surface area contributed by atoms with E-state index in [1.807, 2.05) is 12.1 Å². The fourth-order valence-electron chi connectivity index (χ4n) is 1.37. The van der Waals surface area contributed by atoms with E-state index in [0.29, 0.717) is 6.54 Å². The molecule has 0 saturated carbocycles. The first kappa shape index (κ1) is 12.4. The average molecular weight is 279 g/mol. The number of alkyl halides is 2. The molecule has 2 N–H and O–H groups in total. The highest BCUT2D eigenvalue weighted by molar-refractivity contribution is 9.10. The van der Waals surface area contributed by atoms with Crippen LogP contribution in [0.15, 0.2) is 22.7 Å². The van der Waals surface area contributed by atoms with Crippen molar-refractivity contribution in [2.24, 2.45) is 5.73 Å². The molecule has 15 heavy (non-hydrogen) atoms. The van der Waals surface area contributed by atoms with E-state index in [1.165, 1.54) is 4.90 Å². The largest absolute Gasteiger partial charge is 0.369 e. The van der Waals surface area contributed by atoms with Gasteiger partial charge in [0.2, 0.25) is 0 Å². The van der Waals surface area contributed by atoms with Gasteiger partial charge >= 0.3 is 0 Å². The highest BCUT2D eigenvalue weighted by Gasteiger charge is 2.11. The summed E-state index contributed by atoms with van der Waals surface area (Å²) in [7, 11) is 1.63. The summed E-state index contributed by atoms with van der Waals surface area (Å²) in [6, 6.07) is 5.48. The molecular formula is C10H13BrF2N2. The van der Waals surface area contributed by atoms with Crippen LogP contribution in [0, 0.1) is 0 Å². The fraction of sp³-hybridized carbons (Fsp3) is 0.400. The van der Waals surface area contributed by atoms with E-state index in [0.717, 1.165) is 15.7 Å². The maximum absolute atomic E-state index is 12.2. The van der Waals surface area contributed by atoms with Crippen molar-refractivity contribution in [2.75, 3.05) is 18.5 Å². The molecule has 0 aliphatic carbocycles. The van der Waals surface area contributed by atoms with Gasteiger partial charge in [-0.3, -0.25) is 0 Å². The Labute approximate surface area is 96.2 Å². The number of hydrogen-bond donors (Lipinski definition) is 1. The normalized spacial score (nSPS) is 10.8. The van der Waals surface area contributed by atoms with E-state index < -0.39 is 6.43 Å². The first-order chi connectivity index (χ1) is 7.04. The molecule has 0 aromatic heterocycles. The van der Waals surface area contributed by atoms with Gasteiger partial charge in [0.15, 0.2) is 0 Å². The van der Waals surface area contributed by atoms with Crippen molar-refractivity contribution in [1.29, 1.82) is 0 Å². The first-order valence-electron chi connectivity index (χ1n) is 4.52. The lowest BCUT2D eigenvalue weighted by Gasteiger charge is -2.21. The fourth-order valence-corrected chi connectivity index (χ4v) is 1.72. The Morgan fingerprint density at radius 3 is 2.67 bits per heavy atom. The lowest BCUT2D eigenvalue weighted by Crippen LogP contribution is -2.25. The molecule has 0 atom stereocenters. The van der Waals surface area contributed by atoms with E-state index in [1.54, 1.807) is 13.1 Å². The van der Waals surface area contributed by atoms with Gasteiger partial charge in [-0.15, -0.1) is 0 Å². The quantitative estimate of drug-likeness (QED) is 0.918. The summed E-state index contributed by atoms with van der Waals surface area (Å²) in [6.07, 6.45) is -2.35. The van der Waals surface area contributed by atoms with E-state index in [-0.39, 0.29) is 6.54 Å². The lowest BCUT2D eigenvalue weighted by atomic mass is 10.1. The number of benzene rings is 1. The smallest absolute Gasteiger partial charge is 0.255 e. The molecule has 1 aromatic rings. The van der Waals surface area contributed by atoms with Crippen LogP contribution < -0.4 is 10.6 Å². The van der Waals surface area contributed by atoms with Crippen molar-refractivity contribution in [2.45, 2.75) is 13.0 Å². The van der Waals surface area contributed by atoms with Crippen LogP contribution in [0.5, 0.6) is 0 Å². The molecule has 0 heterocycles. The molecule has 5 heteroatoms. The molecular weight excluding hydrogens is 266 g/mol. The molecule has 0 radical (unpaired) electrons. The van der Waals surface area contributed by atoms with Crippen molar-refractivity contribution in [3.05, 3.63) is 28.2 Å². The second kappa shape index (κ2) is 5.42.